The predicted molar refractivity (Wildman–Crippen MR) is 92.9 cm³/mol. The molecule has 0 spiro atoms. The van der Waals surface area contributed by atoms with Crippen LogP contribution < -0.4 is 0 Å². The van der Waals surface area contributed by atoms with Crippen LogP contribution in [-0.2, 0) is 17.8 Å². The summed E-state index contributed by atoms with van der Waals surface area (Å²) in [6.45, 7) is 5.93. The van der Waals surface area contributed by atoms with Crippen molar-refractivity contribution in [2.75, 3.05) is 26.2 Å². The maximum atomic E-state index is 12.4. The molecule has 1 aromatic heterocycles. The lowest BCUT2D eigenvalue weighted by Gasteiger charge is -2.34. The summed E-state index contributed by atoms with van der Waals surface area (Å²) in [6.07, 6.45) is 1.26. The summed E-state index contributed by atoms with van der Waals surface area (Å²) in [5.74, 6) is 1.10. The van der Waals surface area contributed by atoms with Crippen LogP contribution in [0.15, 0.2) is 34.9 Å². The molecule has 1 aliphatic rings. The first-order valence-corrected chi connectivity index (χ1v) is 8.65. The van der Waals surface area contributed by atoms with Gasteiger partial charge in [-0.15, -0.1) is 0 Å². The van der Waals surface area contributed by atoms with E-state index in [-0.39, 0.29) is 5.91 Å². The van der Waals surface area contributed by atoms with Gasteiger partial charge in [0.15, 0.2) is 5.76 Å². The van der Waals surface area contributed by atoms with Crippen LogP contribution in [0.5, 0.6) is 0 Å². The van der Waals surface area contributed by atoms with E-state index in [1.54, 1.807) is 0 Å². The molecule has 0 aliphatic carbocycles. The van der Waals surface area contributed by atoms with Crippen molar-refractivity contribution in [1.29, 1.82) is 0 Å². The highest BCUT2D eigenvalue weighted by atomic mass is 35.5. The van der Waals surface area contributed by atoms with Gasteiger partial charge in [-0.1, -0.05) is 28.9 Å². The van der Waals surface area contributed by atoms with E-state index < -0.39 is 0 Å². The lowest BCUT2D eigenvalue weighted by atomic mass is 10.1. The molecule has 128 valence electrons. The minimum atomic E-state index is 0.213. The smallest absolute Gasteiger partial charge is 0.222 e. The van der Waals surface area contributed by atoms with E-state index >= 15 is 0 Å². The average molecular weight is 348 g/mol. The lowest BCUT2D eigenvalue weighted by molar-refractivity contribution is -0.133. The van der Waals surface area contributed by atoms with Gasteiger partial charge in [-0.3, -0.25) is 9.69 Å². The van der Waals surface area contributed by atoms with Crippen molar-refractivity contribution in [2.24, 2.45) is 0 Å². The molecule has 1 aliphatic heterocycles. The SMILES string of the molecule is Cc1cc(CN2CCN(C(=O)CCc3cccc(Cl)c3)CC2)on1. The van der Waals surface area contributed by atoms with Gasteiger partial charge in [-0.2, -0.15) is 0 Å². The monoisotopic (exact) mass is 347 g/mol. The Balaban J connectivity index is 1.43. The fourth-order valence-corrected chi connectivity index (χ4v) is 3.18. The molecule has 2 heterocycles. The third kappa shape index (κ3) is 4.58. The minimum absolute atomic E-state index is 0.213. The number of amides is 1. The van der Waals surface area contributed by atoms with E-state index in [0.29, 0.717) is 6.42 Å². The number of rotatable bonds is 5. The predicted octanol–water partition coefficient (Wildman–Crippen LogP) is 2.91. The fraction of sp³-hybridized carbons (Fsp3) is 0.444. The number of halogens is 1. The van der Waals surface area contributed by atoms with Crippen molar-refractivity contribution < 1.29 is 9.32 Å². The highest BCUT2D eigenvalue weighted by molar-refractivity contribution is 6.30. The number of hydrogen-bond acceptors (Lipinski definition) is 4. The molecule has 0 saturated carbocycles. The zero-order chi connectivity index (χ0) is 16.9. The van der Waals surface area contributed by atoms with Crippen LogP contribution in [0.3, 0.4) is 0 Å². The normalized spacial score (nSPS) is 15.7. The maximum absolute atomic E-state index is 12.4. The van der Waals surface area contributed by atoms with Gasteiger partial charge in [0.2, 0.25) is 5.91 Å². The molecular formula is C18H22ClN3O2. The quantitative estimate of drug-likeness (QED) is 0.834. The Bertz CT molecular complexity index is 693. The Morgan fingerprint density at radius 1 is 1.25 bits per heavy atom. The summed E-state index contributed by atoms with van der Waals surface area (Å²) in [6, 6.07) is 9.67. The molecule has 0 atom stereocenters. The molecule has 1 aromatic carbocycles. The molecule has 3 rings (SSSR count). The van der Waals surface area contributed by atoms with Crippen molar-refractivity contribution in [2.45, 2.75) is 26.3 Å². The van der Waals surface area contributed by atoms with E-state index in [2.05, 4.69) is 10.1 Å². The van der Waals surface area contributed by atoms with Crippen molar-refractivity contribution in [3.05, 3.63) is 52.4 Å². The van der Waals surface area contributed by atoms with Crippen LogP contribution in [0.25, 0.3) is 0 Å². The van der Waals surface area contributed by atoms with Crippen LogP contribution in [0.2, 0.25) is 5.02 Å². The third-order valence-electron chi connectivity index (χ3n) is 4.30. The molecule has 24 heavy (non-hydrogen) atoms. The molecule has 0 unspecified atom stereocenters. The van der Waals surface area contributed by atoms with E-state index in [1.807, 2.05) is 42.2 Å². The zero-order valence-electron chi connectivity index (χ0n) is 13.9. The van der Waals surface area contributed by atoms with Gasteiger partial charge in [0.1, 0.15) is 0 Å². The Morgan fingerprint density at radius 3 is 2.71 bits per heavy atom. The average Bonchev–Trinajstić information content (AvgIpc) is 2.98. The number of carbonyl (C=O) groups is 1. The maximum Gasteiger partial charge on any atom is 0.222 e. The van der Waals surface area contributed by atoms with E-state index in [1.165, 1.54) is 0 Å². The number of aryl methyl sites for hydroxylation is 2. The molecule has 6 heteroatoms. The summed E-state index contributed by atoms with van der Waals surface area (Å²) in [4.78, 5) is 16.6. The van der Waals surface area contributed by atoms with Crippen molar-refractivity contribution in [1.82, 2.24) is 15.0 Å². The standard InChI is InChI=1S/C18H22ClN3O2/c1-14-11-17(24-20-14)13-21-7-9-22(10-8-21)18(23)6-5-15-3-2-4-16(19)12-15/h2-4,11-12H,5-10,13H2,1H3. The molecule has 1 fully saturated rings. The van der Waals surface area contributed by atoms with E-state index in [9.17, 15) is 4.79 Å². The van der Waals surface area contributed by atoms with Gasteiger partial charge in [0.05, 0.1) is 12.2 Å². The van der Waals surface area contributed by atoms with Crippen LogP contribution in [-0.4, -0.2) is 47.0 Å². The number of benzene rings is 1. The fourth-order valence-electron chi connectivity index (χ4n) is 2.97. The van der Waals surface area contributed by atoms with Crippen LogP contribution in [0, 0.1) is 6.92 Å². The highest BCUT2D eigenvalue weighted by Crippen LogP contribution is 2.14. The van der Waals surface area contributed by atoms with Crippen LogP contribution in [0.1, 0.15) is 23.4 Å². The van der Waals surface area contributed by atoms with E-state index in [4.69, 9.17) is 16.1 Å². The second-order valence-electron chi connectivity index (χ2n) is 6.22. The van der Waals surface area contributed by atoms with Crippen LogP contribution in [0.4, 0.5) is 0 Å². The molecule has 2 aromatic rings. The molecule has 0 N–H and O–H groups in total. The molecule has 0 bridgehead atoms. The molecule has 1 amide bonds. The second-order valence-corrected chi connectivity index (χ2v) is 6.66. The Kier molecular flexibility index (Phi) is 5.53. The third-order valence-corrected chi connectivity index (χ3v) is 4.53. The second kappa shape index (κ2) is 7.81. The minimum Gasteiger partial charge on any atom is -0.360 e. The first-order valence-electron chi connectivity index (χ1n) is 8.27. The summed E-state index contributed by atoms with van der Waals surface area (Å²) < 4.78 is 5.26. The van der Waals surface area contributed by atoms with Gasteiger partial charge >= 0.3 is 0 Å². The molecule has 1 saturated heterocycles. The first-order chi connectivity index (χ1) is 11.6. The topological polar surface area (TPSA) is 49.6 Å². The lowest BCUT2D eigenvalue weighted by Crippen LogP contribution is -2.48. The number of piperazine rings is 1. The van der Waals surface area contributed by atoms with Crippen molar-refractivity contribution in [3.8, 4) is 0 Å². The van der Waals surface area contributed by atoms with Crippen LogP contribution >= 0.6 is 11.6 Å². The van der Waals surface area contributed by atoms with Gasteiger partial charge < -0.3 is 9.42 Å². The largest absolute Gasteiger partial charge is 0.360 e. The Morgan fingerprint density at radius 2 is 2.04 bits per heavy atom. The van der Waals surface area contributed by atoms with Gasteiger partial charge in [-0.05, 0) is 31.0 Å². The van der Waals surface area contributed by atoms with Gasteiger partial charge in [0, 0.05) is 43.7 Å². The number of carbonyl (C=O) groups excluding carboxylic acids is 1. The number of hydrogen-bond donors (Lipinski definition) is 0. The molecular weight excluding hydrogens is 326 g/mol. The summed E-state index contributed by atoms with van der Waals surface area (Å²) in [7, 11) is 0. The van der Waals surface area contributed by atoms with Gasteiger partial charge in [0.25, 0.3) is 0 Å². The van der Waals surface area contributed by atoms with E-state index in [0.717, 1.165) is 61.2 Å². The highest BCUT2D eigenvalue weighted by Gasteiger charge is 2.21. The van der Waals surface area contributed by atoms with Gasteiger partial charge in [-0.25, -0.2) is 0 Å². The Labute approximate surface area is 147 Å². The summed E-state index contributed by atoms with van der Waals surface area (Å²) in [5, 5.41) is 4.63. The number of aromatic nitrogens is 1. The van der Waals surface area contributed by atoms with Crippen molar-refractivity contribution >= 4 is 17.5 Å². The summed E-state index contributed by atoms with van der Waals surface area (Å²) >= 11 is 5.98. The first kappa shape index (κ1) is 17.0. The van der Waals surface area contributed by atoms with Crippen molar-refractivity contribution in [3.63, 3.8) is 0 Å². The molecule has 5 nitrogen and oxygen atoms in total. The summed E-state index contributed by atoms with van der Waals surface area (Å²) in [5.41, 5.74) is 2.01. The Hall–Kier alpha value is -1.85. The number of nitrogens with zero attached hydrogens (tertiary/aromatic N) is 3. The zero-order valence-corrected chi connectivity index (χ0v) is 14.6. The molecule has 0 radical (unpaired) electrons.